The first-order valence-electron chi connectivity index (χ1n) is 48.9. The molecule has 27 heteroatoms. The van der Waals surface area contributed by atoms with Crippen LogP contribution in [-0.4, -0.2) is 146 Å². The predicted octanol–water partition coefficient (Wildman–Crippen LogP) is 18.7. The highest BCUT2D eigenvalue weighted by Crippen LogP contribution is 2.96. The van der Waals surface area contributed by atoms with Crippen molar-refractivity contribution < 1.29 is 96.8 Å². The molecule has 15 aliphatic carbocycles. The zero-order valence-corrected chi connectivity index (χ0v) is 69.3. The number of amides is 1. The van der Waals surface area contributed by atoms with Crippen LogP contribution in [0.5, 0.6) is 17.6 Å². The molecule has 5 aromatic heterocycles. The van der Waals surface area contributed by atoms with Gasteiger partial charge in [-0.25, -0.2) is 38.9 Å². The summed E-state index contributed by atoms with van der Waals surface area (Å²) in [6.07, 6.45) is 16.1. The number of nitrogens with one attached hydrogen (secondary N) is 1. The Morgan fingerprint density at radius 3 is 1.26 bits per heavy atom. The molecule has 15 saturated carbocycles. The molecule has 16 aliphatic rings. The first-order valence-corrected chi connectivity index (χ1v) is 41.0. The second kappa shape index (κ2) is 29.6. The average Bonchev–Trinajstić information content (AvgIpc) is 1.46. The number of halogens is 3. The van der Waals surface area contributed by atoms with Crippen LogP contribution in [0.15, 0.2) is 73.3 Å². The molecule has 24 nitrogen and oxygen atoms in total. The summed E-state index contributed by atoms with van der Waals surface area (Å²) in [5.74, 6) is -3.39. The fourth-order valence-corrected chi connectivity index (χ4v) is 19.9. The van der Waals surface area contributed by atoms with Gasteiger partial charge in [0.2, 0.25) is 17.6 Å². The fraction of sp³-hybridized carbons (Fsp3) is 0.693. The van der Waals surface area contributed by atoms with Crippen molar-refractivity contribution in [2.45, 2.75) is 266 Å². The third-order valence-electron chi connectivity index (χ3n) is 26.2. The number of aliphatic hydroxyl groups is 1. The summed E-state index contributed by atoms with van der Waals surface area (Å²) in [4.78, 5) is 77.9. The molecule has 624 valence electrons. The van der Waals surface area contributed by atoms with E-state index in [1.807, 2.05) is 0 Å². The lowest BCUT2D eigenvalue weighted by molar-refractivity contribution is -0.137. The van der Waals surface area contributed by atoms with Crippen LogP contribution in [0.1, 0.15) is 289 Å². The van der Waals surface area contributed by atoms with E-state index in [0.29, 0.717) is 5.82 Å². The van der Waals surface area contributed by atoms with Gasteiger partial charge in [0.15, 0.2) is 11.6 Å². The van der Waals surface area contributed by atoms with Crippen molar-refractivity contribution in [3.05, 3.63) is 99.9 Å². The lowest BCUT2D eigenvalue weighted by Crippen LogP contribution is -2.33. The van der Waals surface area contributed by atoms with E-state index in [-0.39, 0.29) is 140 Å². The van der Waals surface area contributed by atoms with Crippen LogP contribution >= 0.6 is 34.8 Å². The number of ether oxygens (including phenoxy) is 7. The normalized spacial score (nSPS) is 27.6. The van der Waals surface area contributed by atoms with Gasteiger partial charge in [-0.2, -0.15) is 9.78 Å². The third kappa shape index (κ3) is 17.0. The Bertz CT molecular complexity index is 5360. The molecule has 6 heterocycles. The highest BCUT2D eigenvalue weighted by molar-refractivity contribution is 6.34. The number of aromatic nitrogens is 8. The number of rotatable bonds is 19. The Hall–Kier alpha value is -7.28. The lowest BCUT2D eigenvalue weighted by Gasteiger charge is -2.22. The second-order valence-corrected chi connectivity index (χ2v) is 39.1. The molecule has 21 rings (SSSR count). The average molecular weight is 1660 g/mol. The topological polar surface area (TPSA) is 301 Å². The van der Waals surface area contributed by atoms with E-state index in [1.54, 1.807) is 83.1 Å². The summed E-state index contributed by atoms with van der Waals surface area (Å²) in [6, 6.07) is 10.3. The summed E-state index contributed by atoms with van der Waals surface area (Å²) < 4.78 is 184. The molecule has 0 bridgehead atoms. The van der Waals surface area contributed by atoms with Crippen LogP contribution in [0.4, 0.5) is 9.59 Å². The number of carbonyl (C=O) groups excluding carboxylic acids is 5. The van der Waals surface area contributed by atoms with Gasteiger partial charge in [0, 0.05) is 63.4 Å². The number of pyridine rings is 2. The number of carboxylic acid groups (broad SMARTS) is 1. The second-order valence-electron chi connectivity index (χ2n) is 38.0. The fourth-order valence-electron chi connectivity index (χ4n) is 19.3. The van der Waals surface area contributed by atoms with Crippen LogP contribution < -0.4 is 14.2 Å². The zero-order valence-electron chi connectivity index (χ0n) is 85.1. The van der Waals surface area contributed by atoms with Gasteiger partial charge in [-0.3, -0.25) is 14.5 Å². The number of hydrogen-bond acceptors (Lipinski definition) is 19. The molecule has 5 aromatic rings. The van der Waals surface area contributed by atoms with Gasteiger partial charge in [0.1, 0.15) is 37.9 Å². The standard InChI is InChI=1S/C22H26ClN3O3.C17H24N2O3.C12H16N2O.C10H11Cl2NO2.C9H13NO3.C9H12O2.C9H14O/c1-20(2,3)29-19(27)14-4-5-16(24-18(14)23)26-12-6-17(25-26)28-13-7-15-21(8-9-21)22(15)10-11-22;1-15(2,3)22-14(20)19-10-4-13(18-19)21-11-5-12-16(6-7-16)17(12)8-9-17;1-7-13-14-10(1)15-8-2-9-11(3-4-11)12(9)5-6-12;1-10(2,3)15-9(14)6-4-5-7(11)13-8(6)12;1-9(2,3)13-8(12)10-5-4-7(11)6-10;10-7(11)5-6-8(1-2-8)9(6)3-4-9;10-6-1-7-8(2-3-8)9(7)4-5-9/h4-6,12,15H,7-11,13H2,1-3H3;4,10,12H,5-9,11H2,1-3H3;1,7,9H,2-6,8H2,(H,13,14);4-5H,1-3H3;4-5H,6H2,1-3H3;6H,1-5H2,(H,10,11);7,10H,1-6H2/i7D2,13D2;5D2,11D2;2D2,8D2;;;5D2;1D2,6D2. The lowest BCUT2D eigenvalue weighted by atomic mass is 10.2. The van der Waals surface area contributed by atoms with E-state index in [9.17, 15) is 33.9 Å². The SMILES string of the molecule is CC(C)(C)OC(=O)N1C=CC(=O)C1.CC(C)(C)OC(=O)c1ccc(Cl)nc1Cl.[2H]C([2H])(C(=O)O)C1C2(CC2)C12CC2.[2H]C([2H])(O)C([2H])([2H])C1C2(CC2)C12CC2.[2H]C([2H])(Oc1ccn(-c2ccc(C(=O)OC(C)(C)C)c(Cl)n2)n1)C([2H])([2H])C1C2(CC2)C12CC2.[2H]C([2H])(Oc1ccn(C(=O)OC(C)(C)C)n1)C([2H])([2H])C1C2(CC2)C12CC2.[2H]C([2H])(Oc1ccn[nH]1)C([2H])([2H])C1C2(CC2)C12CC2. The van der Waals surface area contributed by atoms with E-state index < -0.39 is 111 Å². The van der Waals surface area contributed by atoms with Gasteiger partial charge in [-0.1, -0.05) is 34.8 Å². The quantitative estimate of drug-likeness (QED) is 0.0393. The number of carboxylic acids is 1. The van der Waals surface area contributed by atoms with Crippen molar-refractivity contribution in [2.24, 2.45) is 83.7 Å². The molecule has 0 radical (unpaired) electrons. The van der Waals surface area contributed by atoms with Gasteiger partial charge < -0.3 is 43.4 Å². The molecule has 3 N–H and O–H groups in total. The third-order valence-corrected chi connectivity index (χ3v) is 27.0. The first kappa shape index (κ1) is 62.8. The molecule has 15 fully saturated rings. The van der Waals surface area contributed by atoms with Gasteiger partial charge in [-0.05, 0) is 351 Å². The number of aromatic amines is 1. The Balaban J connectivity index is 0.000000122. The molecule has 0 saturated heterocycles. The van der Waals surface area contributed by atoms with E-state index >= 15 is 0 Å². The van der Waals surface area contributed by atoms with E-state index in [0.717, 1.165) is 133 Å². The Kier molecular flexibility index (Phi) is 16.2. The smallest absolute Gasteiger partial charge is 0.435 e. The van der Waals surface area contributed by atoms with Crippen molar-refractivity contribution in [3.63, 3.8) is 0 Å². The van der Waals surface area contributed by atoms with Gasteiger partial charge in [0.25, 0.3) is 0 Å². The van der Waals surface area contributed by atoms with Crippen LogP contribution in [0.3, 0.4) is 0 Å². The van der Waals surface area contributed by atoms with Crippen LogP contribution in [-0.2, 0) is 28.5 Å². The number of hydrogen-bond donors (Lipinski definition) is 3. The maximum atomic E-state index is 12.3. The van der Waals surface area contributed by atoms with Crippen molar-refractivity contribution in [1.29, 1.82) is 0 Å². The molecule has 0 aromatic carbocycles. The van der Waals surface area contributed by atoms with Gasteiger partial charge in [-0.15, -0.1) is 10.2 Å². The number of carbonyl (C=O) groups is 6. The molecule has 1 aliphatic heterocycles. The summed E-state index contributed by atoms with van der Waals surface area (Å²) >= 11 is 17.6. The number of aliphatic carboxylic acids is 1. The van der Waals surface area contributed by atoms with Crippen LogP contribution in [0, 0.1) is 83.7 Å². The van der Waals surface area contributed by atoms with Crippen LogP contribution in [0.2, 0.25) is 15.5 Å². The summed E-state index contributed by atoms with van der Waals surface area (Å²) in [5, 5.41) is 32.6. The van der Waals surface area contributed by atoms with Crippen molar-refractivity contribution in [2.75, 3.05) is 32.8 Å². The van der Waals surface area contributed by atoms with E-state index in [2.05, 4.69) is 30.4 Å². The Morgan fingerprint density at radius 2 is 0.887 bits per heavy atom. The Morgan fingerprint density at radius 1 is 0.496 bits per heavy atom. The van der Waals surface area contributed by atoms with E-state index in [4.69, 9.17) is 97.7 Å². The predicted molar refractivity (Wildman–Crippen MR) is 429 cm³/mol. The largest absolute Gasteiger partial charge is 0.481 e. The van der Waals surface area contributed by atoms with Crippen molar-refractivity contribution in [3.8, 4) is 23.5 Å². The van der Waals surface area contributed by atoms with Crippen molar-refractivity contribution in [1.82, 2.24) is 44.6 Å². The molecule has 0 unspecified atom stereocenters. The molecule has 10 spiro atoms. The first-order chi connectivity index (χ1) is 60.9. The minimum Gasteiger partial charge on any atom is -0.481 e. The van der Waals surface area contributed by atoms with Crippen LogP contribution in [0.25, 0.3) is 5.82 Å². The number of nitrogens with zero attached hydrogens (tertiary/aromatic N) is 8. The minimum atomic E-state index is -2.70. The Labute approximate surface area is 714 Å². The molecular formula is C88H116Cl3N9O15. The van der Waals surface area contributed by atoms with Crippen molar-refractivity contribution >= 4 is 70.7 Å². The number of H-pyrrole nitrogens is 1. The van der Waals surface area contributed by atoms with E-state index in [1.165, 1.54) is 82.9 Å². The summed E-state index contributed by atoms with van der Waals surface area (Å²) in [5.41, 5.74) is -1.46. The maximum Gasteiger partial charge on any atom is 0.435 e. The maximum absolute atomic E-state index is 12.3. The minimum absolute atomic E-state index is 0.00306. The number of ketones is 1. The number of esters is 2. The highest BCUT2D eigenvalue weighted by Gasteiger charge is 2.89. The molecular weight excluding hydrogens is 1530 g/mol. The van der Waals surface area contributed by atoms with Gasteiger partial charge >= 0.3 is 30.1 Å². The van der Waals surface area contributed by atoms with Gasteiger partial charge in [0.05, 0.1) is 54.5 Å². The molecule has 1 amide bonds. The molecule has 115 heavy (non-hydrogen) atoms. The summed E-state index contributed by atoms with van der Waals surface area (Å²) in [7, 11) is 0. The number of fused-ring (bicyclic) bond motifs is 5. The monoisotopic (exact) mass is 1660 g/mol. The highest BCUT2D eigenvalue weighted by atomic mass is 35.5. The zero-order chi connectivity index (χ0) is 98.3. The molecule has 0 atom stereocenters. The summed E-state index contributed by atoms with van der Waals surface area (Å²) in [6.45, 7) is 11.1.